The van der Waals surface area contributed by atoms with Crippen molar-refractivity contribution in [2.45, 2.75) is 13.3 Å². The number of thiocarbonyl (C=S) groups is 1. The molecule has 0 saturated carbocycles. The van der Waals surface area contributed by atoms with Crippen LogP contribution in [0.5, 0.6) is 5.75 Å². The molecule has 5 heteroatoms. The van der Waals surface area contributed by atoms with Crippen LogP contribution in [0.25, 0.3) is 0 Å². The molecule has 1 heterocycles. The Morgan fingerprint density at radius 3 is 2.72 bits per heavy atom. The van der Waals surface area contributed by atoms with E-state index >= 15 is 0 Å². The van der Waals surface area contributed by atoms with Crippen molar-refractivity contribution < 1.29 is 4.74 Å². The van der Waals surface area contributed by atoms with E-state index in [2.05, 4.69) is 4.98 Å². The Morgan fingerprint density at radius 1 is 1.39 bits per heavy atom. The molecule has 2 rings (SSSR count). The first-order valence-corrected chi connectivity index (χ1v) is 6.83. The van der Waals surface area contributed by atoms with Gasteiger partial charge in [0.05, 0.1) is 22.2 Å². The molecule has 1 aromatic carbocycles. The van der Waals surface area contributed by atoms with Crippen LogP contribution in [-0.4, -0.2) is 16.6 Å². The van der Waals surface area contributed by atoms with Gasteiger partial charge in [-0.2, -0.15) is 0 Å². The molecule has 0 aliphatic heterocycles. The molecule has 0 unspecified atom stereocenters. The predicted molar refractivity (Wildman–Crippen MR) is 78.4 cm³/mol. The van der Waals surface area contributed by atoms with Crippen LogP contribution in [0.2, 0.25) is 0 Å². The van der Waals surface area contributed by atoms with Gasteiger partial charge in [0, 0.05) is 6.42 Å². The monoisotopic (exact) mass is 278 g/mol. The summed E-state index contributed by atoms with van der Waals surface area (Å²) >= 11 is 6.51. The maximum atomic E-state index is 5.62. The summed E-state index contributed by atoms with van der Waals surface area (Å²) in [6, 6.07) is 9.74. The minimum atomic E-state index is 0.417. The van der Waals surface area contributed by atoms with Gasteiger partial charge in [-0.3, -0.25) is 0 Å². The lowest BCUT2D eigenvalue weighted by Gasteiger charge is -2.03. The molecule has 0 atom stereocenters. The van der Waals surface area contributed by atoms with Crippen molar-refractivity contribution in [1.29, 1.82) is 0 Å². The van der Waals surface area contributed by atoms with Crippen LogP contribution >= 0.6 is 23.6 Å². The standard InChI is InChI=1S/C13H14N2OS2/c1-9-12(13(14)17)18-11(15-9)7-8-16-10-5-3-2-4-6-10/h2-6H,7-8H2,1H3,(H2,14,17). The molecule has 94 valence electrons. The average Bonchev–Trinajstić information content (AvgIpc) is 2.72. The summed E-state index contributed by atoms with van der Waals surface area (Å²) in [4.78, 5) is 5.75. The van der Waals surface area contributed by atoms with E-state index in [4.69, 9.17) is 22.7 Å². The van der Waals surface area contributed by atoms with E-state index in [1.54, 1.807) is 11.3 Å². The lowest BCUT2D eigenvalue weighted by Crippen LogP contribution is -2.08. The van der Waals surface area contributed by atoms with Gasteiger partial charge in [0.25, 0.3) is 0 Å². The second-order valence-electron chi connectivity index (χ2n) is 3.80. The summed E-state index contributed by atoms with van der Waals surface area (Å²) in [6.07, 6.45) is 0.767. The van der Waals surface area contributed by atoms with Gasteiger partial charge >= 0.3 is 0 Å². The number of aryl methyl sites for hydroxylation is 1. The largest absolute Gasteiger partial charge is 0.493 e. The highest BCUT2D eigenvalue weighted by molar-refractivity contribution is 7.81. The molecule has 3 nitrogen and oxygen atoms in total. The van der Waals surface area contributed by atoms with E-state index in [-0.39, 0.29) is 0 Å². The van der Waals surface area contributed by atoms with Gasteiger partial charge in [0.1, 0.15) is 10.7 Å². The van der Waals surface area contributed by atoms with E-state index < -0.39 is 0 Å². The number of hydrogen-bond acceptors (Lipinski definition) is 4. The van der Waals surface area contributed by atoms with Gasteiger partial charge in [0.2, 0.25) is 0 Å². The maximum absolute atomic E-state index is 5.62. The number of rotatable bonds is 5. The molecule has 0 bridgehead atoms. The lowest BCUT2D eigenvalue weighted by atomic mass is 10.3. The maximum Gasteiger partial charge on any atom is 0.119 e. The number of hydrogen-bond donors (Lipinski definition) is 1. The van der Waals surface area contributed by atoms with Crippen LogP contribution in [0.15, 0.2) is 30.3 Å². The van der Waals surface area contributed by atoms with E-state index in [9.17, 15) is 0 Å². The van der Waals surface area contributed by atoms with Crippen LogP contribution in [-0.2, 0) is 6.42 Å². The van der Waals surface area contributed by atoms with Crippen molar-refractivity contribution in [3.63, 3.8) is 0 Å². The van der Waals surface area contributed by atoms with Gasteiger partial charge in [-0.15, -0.1) is 11.3 Å². The SMILES string of the molecule is Cc1nc(CCOc2ccccc2)sc1C(N)=S. The van der Waals surface area contributed by atoms with Crippen LogP contribution in [0, 0.1) is 6.92 Å². The average molecular weight is 278 g/mol. The molecular weight excluding hydrogens is 264 g/mol. The van der Waals surface area contributed by atoms with Gasteiger partial charge in [-0.05, 0) is 19.1 Å². The van der Waals surface area contributed by atoms with Crippen molar-refractivity contribution >= 4 is 28.5 Å². The third-order valence-corrected chi connectivity index (χ3v) is 3.98. The summed E-state index contributed by atoms with van der Waals surface area (Å²) in [5.74, 6) is 0.875. The number of thiazole rings is 1. The topological polar surface area (TPSA) is 48.1 Å². The normalized spacial score (nSPS) is 10.3. The fourth-order valence-corrected chi connectivity index (χ4v) is 2.73. The van der Waals surface area contributed by atoms with Gasteiger partial charge < -0.3 is 10.5 Å². The second-order valence-corrected chi connectivity index (χ2v) is 5.32. The molecule has 0 saturated heterocycles. The Balaban J connectivity index is 1.91. The highest BCUT2D eigenvalue weighted by Crippen LogP contribution is 2.18. The Kier molecular flexibility index (Phi) is 4.28. The van der Waals surface area contributed by atoms with Crippen molar-refractivity contribution in [2.75, 3.05) is 6.61 Å². The zero-order chi connectivity index (χ0) is 13.0. The predicted octanol–water partition coefficient (Wildman–Crippen LogP) is 2.71. The Labute approximate surface area is 116 Å². The molecule has 0 amide bonds. The summed E-state index contributed by atoms with van der Waals surface area (Å²) in [7, 11) is 0. The highest BCUT2D eigenvalue weighted by Gasteiger charge is 2.09. The molecule has 1 aromatic heterocycles. The first-order valence-electron chi connectivity index (χ1n) is 5.61. The summed E-state index contributed by atoms with van der Waals surface area (Å²) < 4.78 is 5.62. The summed E-state index contributed by atoms with van der Waals surface area (Å²) in [6.45, 7) is 2.53. The summed E-state index contributed by atoms with van der Waals surface area (Å²) in [5, 5.41) is 1.01. The minimum absolute atomic E-state index is 0.417. The van der Waals surface area contributed by atoms with Crippen LogP contribution in [0.3, 0.4) is 0 Å². The summed E-state index contributed by atoms with van der Waals surface area (Å²) in [5.41, 5.74) is 6.52. The van der Waals surface area contributed by atoms with E-state index in [1.807, 2.05) is 37.3 Å². The lowest BCUT2D eigenvalue weighted by molar-refractivity contribution is 0.321. The van der Waals surface area contributed by atoms with E-state index in [0.717, 1.165) is 27.7 Å². The Hall–Kier alpha value is -1.46. The van der Waals surface area contributed by atoms with Crippen molar-refractivity contribution in [3.05, 3.63) is 45.9 Å². The van der Waals surface area contributed by atoms with Crippen molar-refractivity contribution in [3.8, 4) is 5.75 Å². The van der Waals surface area contributed by atoms with Gasteiger partial charge in [-0.25, -0.2) is 4.98 Å². The quantitative estimate of drug-likeness (QED) is 0.854. The zero-order valence-corrected chi connectivity index (χ0v) is 11.7. The molecule has 0 spiro atoms. The van der Waals surface area contributed by atoms with Crippen LogP contribution in [0.4, 0.5) is 0 Å². The third-order valence-electron chi connectivity index (χ3n) is 2.39. The van der Waals surface area contributed by atoms with Crippen LogP contribution < -0.4 is 10.5 Å². The Morgan fingerprint density at radius 2 is 2.11 bits per heavy atom. The molecule has 18 heavy (non-hydrogen) atoms. The fourth-order valence-electron chi connectivity index (χ4n) is 1.56. The number of benzene rings is 1. The molecule has 2 aromatic rings. The number of ether oxygens (including phenoxy) is 1. The van der Waals surface area contributed by atoms with E-state index in [1.165, 1.54) is 0 Å². The first-order chi connectivity index (χ1) is 8.66. The van der Waals surface area contributed by atoms with Crippen molar-refractivity contribution in [1.82, 2.24) is 4.98 Å². The van der Waals surface area contributed by atoms with Gasteiger partial charge in [-0.1, -0.05) is 30.4 Å². The second kappa shape index (κ2) is 5.93. The number of para-hydroxylation sites is 1. The molecule has 0 radical (unpaired) electrons. The minimum Gasteiger partial charge on any atom is -0.493 e. The third kappa shape index (κ3) is 3.27. The molecule has 0 aliphatic rings. The number of aromatic nitrogens is 1. The van der Waals surface area contributed by atoms with E-state index in [0.29, 0.717) is 11.6 Å². The fraction of sp³-hybridized carbons (Fsp3) is 0.231. The van der Waals surface area contributed by atoms with Gasteiger partial charge in [0.15, 0.2) is 0 Å². The van der Waals surface area contributed by atoms with Crippen molar-refractivity contribution in [2.24, 2.45) is 5.73 Å². The smallest absolute Gasteiger partial charge is 0.119 e. The number of nitrogens with zero attached hydrogens (tertiary/aromatic N) is 1. The first kappa shape index (κ1) is 13.0. The van der Waals surface area contributed by atoms with Crippen LogP contribution in [0.1, 0.15) is 15.6 Å². The number of nitrogens with two attached hydrogens (primary N) is 1. The molecule has 2 N–H and O–H groups in total. The molecular formula is C13H14N2OS2. The highest BCUT2D eigenvalue weighted by atomic mass is 32.1. The Bertz CT molecular complexity index is 537. The molecule has 0 fully saturated rings. The zero-order valence-electron chi connectivity index (χ0n) is 10.1. The molecule has 0 aliphatic carbocycles.